The van der Waals surface area contributed by atoms with Crippen molar-refractivity contribution in [2.45, 2.75) is 38.1 Å². The molecule has 0 bridgehead atoms. The Bertz CT molecular complexity index is 1660. The number of para-hydroxylation sites is 2. The predicted molar refractivity (Wildman–Crippen MR) is 165 cm³/mol. The zero-order valence-corrected chi connectivity index (χ0v) is 24.0. The van der Waals surface area contributed by atoms with Crippen molar-refractivity contribution < 1.29 is 19.4 Å². The predicted octanol–water partition coefficient (Wildman–Crippen LogP) is 6.05. The molecule has 0 unspecified atom stereocenters. The van der Waals surface area contributed by atoms with Gasteiger partial charge in [-0.3, -0.25) is 14.7 Å². The Morgan fingerprint density at radius 1 is 0.860 bits per heavy atom. The first-order valence-corrected chi connectivity index (χ1v) is 14.4. The molecule has 1 aliphatic rings. The molecule has 5 aromatic rings. The van der Waals surface area contributed by atoms with Gasteiger partial charge < -0.3 is 19.9 Å². The Morgan fingerprint density at radius 3 is 2.30 bits per heavy atom. The number of anilines is 1. The van der Waals surface area contributed by atoms with Crippen LogP contribution in [0.5, 0.6) is 0 Å². The lowest BCUT2D eigenvalue weighted by atomic mass is 9.99. The number of hydrogen-bond donors (Lipinski definition) is 2. The summed E-state index contributed by atoms with van der Waals surface area (Å²) in [4.78, 5) is 23.9. The summed E-state index contributed by atoms with van der Waals surface area (Å²) < 4.78 is 13.0. The normalized spacial score (nSPS) is 18.5. The van der Waals surface area contributed by atoms with E-state index in [2.05, 4.69) is 51.5 Å². The molecule has 43 heavy (non-hydrogen) atoms. The summed E-state index contributed by atoms with van der Waals surface area (Å²) in [5.74, 6) is -0.330. The third-order valence-corrected chi connectivity index (χ3v) is 7.55. The molecule has 1 aliphatic heterocycles. The average molecular weight is 575 g/mol. The molecule has 8 heteroatoms. The van der Waals surface area contributed by atoms with Gasteiger partial charge in [-0.1, -0.05) is 78.9 Å². The van der Waals surface area contributed by atoms with Gasteiger partial charge in [-0.2, -0.15) is 0 Å². The second kappa shape index (κ2) is 13.2. The van der Waals surface area contributed by atoms with Gasteiger partial charge in [0.15, 0.2) is 6.29 Å². The quantitative estimate of drug-likeness (QED) is 0.221. The number of aromatic nitrogens is 2. The van der Waals surface area contributed by atoms with E-state index in [0.29, 0.717) is 17.6 Å². The number of rotatable bonds is 9. The lowest BCUT2D eigenvalue weighted by molar-refractivity contribution is -0.252. The highest BCUT2D eigenvalue weighted by Crippen LogP contribution is 2.38. The van der Waals surface area contributed by atoms with Gasteiger partial charge >= 0.3 is 0 Å². The number of fused-ring (bicyclic) bond motifs is 1. The SMILES string of the molecule is CN(Cc1ccccc1)C[C@H]1C[C@@H](c2ccc(CO)cc2)O[C@@H](c2ccc(NC(=O)c3cnc4ccccc4n3)cc2)O1. The number of nitrogens with one attached hydrogen (secondary N) is 1. The Balaban J connectivity index is 1.16. The first-order chi connectivity index (χ1) is 21.0. The van der Waals surface area contributed by atoms with Crippen LogP contribution in [0.3, 0.4) is 0 Å². The van der Waals surface area contributed by atoms with Crippen molar-refractivity contribution in [2.24, 2.45) is 0 Å². The number of carbonyl (C=O) groups is 1. The molecule has 8 nitrogen and oxygen atoms in total. The van der Waals surface area contributed by atoms with E-state index in [1.54, 1.807) is 0 Å². The van der Waals surface area contributed by atoms with Crippen molar-refractivity contribution in [1.29, 1.82) is 0 Å². The summed E-state index contributed by atoms with van der Waals surface area (Å²) in [6, 6.07) is 33.2. The third-order valence-electron chi connectivity index (χ3n) is 7.55. The molecule has 3 atom stereocenters. The van der Waals surface area contributed by atoms with Gasteiger partial charge in [0.1, 0.15) is 5.69 Å². The first kappa shape index (κ1) is 28.6. The molecule has 1 amide bonds. The second-order valence-corrected chi connectivity index (χ2v) is 10.9. The zero-order valence-electron chi connectivity index (χ0n) is 24.0. The van der Waals surface area contributed by atoms with E-state index in [9.17, 15) is 9.90 Å². The molecule has 218 valence electrons. The molecular formula is C35H34N4O4. The molecule has 1 fully saturated rings. The Kier molecular flexibility index (Phi) is 8.81. The minimum Gasteiger partial charge on any atom is -0.392 e. The van der Waals surface area contributed by atoms with Gasteiger partial charge in [0.05, 0.1) is 36.0 Å². The number of carbonyl (C=O) groups excluding carboxylic acids is 1. The number of nitrogens with zero attached hydrogens (tertiary/aromatic N) is 3. The smallest absolute Gasteiger partial charge is 0.275 e. The molecule has 4 aromatic carbocycles. The van der Waals surface area contributed by atoms with Crippen LogP contribution < -0.4 is 5.32 Å². The van der Waals surface area contributed by atoms with Crippen LogP contribution >= 0.6 is 0 Å². The van der Waals surface area contributed by atoms with E-state index in [-0.39, 0.29) is 30.4 Å². The summed E-state index contributed by atoms with van der Waals surface area (Å²) in [6.45, 7) is 1.56. The Morgan fingerprint density at radius 2 is 1.56 bits per heavy atom. The van der Waals surface area contributed by atoms with Crippen LogP contribution in [0.4, 0.5) is 5.69 Å². The van der Waals surface area contributed by atoms with Crippen LogP contribution in [-0.2, 0) is 22.6 Å². The highest BCUT2D eigenvalue weighted by atomic mass is 16.7. The molecule has 0 saturated carbocycles. The fourth-order valence-corrected chi connectivity index (χ4v) is 5.33. The van der Waals surface area contributed by atoms with Crippen molar-refractivity contribution in [3.8, 4) is 0 Å². The summed E-state index contributed by atoms with van der Waals surface area (Å²) in [5.41, 5.74) is 6.30. The number of likely N-dealkylation sites (N-methyl/N-ethyl adjacent to an activating group) is 1. The molecule has 0 radical (unpaired) electrons. The van der Waals surface area contributed by atoms with Crippen molar-refractivity contribution in [3.05, 3.63) is 137 Å². The topological polar surface area (TPSA) is 96.8 Å². The summed E-state index contributed by atoms with van der Waals surface area (Å²) in [6.07, 6.45) is 1.36. The van der Waals surface area contributed by atoms with Crippen molar-refractivity contribution in [2.75, 3.05) is 18.9 Å². The van der Waals surface area contributed by atoms with Crippen LogP contribution in [0, 0.1) is 0 Å². The van der Waals surface area contributed by atoms with Crippen LogP contribution in [0.15, 0.2) is 109 Å². The maximum absolute atomic E-state index is 12.9. The minimum absolute atomic E-state index is 0.000765. The standard InChI is InChI=1S/C35H34N4O4/c1-39(21-24-7-3-2-4-8-24)22-29-19-33(26-13-11-25(23-40)12-14-26)43-35(42-29)27-15-17-28(18-16-27)37-34(41)32-20-36-30-9-5-6-10-31(30)38-32/h2-18,20,29,33,35,40H,19,21-23H2,1H3,(H,37,41)/t29-,33+,35+/m1/s1. The van der Waals surface area contributed by atoms with Gasteiger partial charge in [-0.15, -0.1) is 0 Å². The molecule has 2 heterocycles. The van der Waals surface area contributed by atoms with Crippen molar-refractivity contribution in [3.63, 3.8) is 0 Å². The zero-order chi connectivity index (χ0) is 29.6. The van der Waals surface area contributed by atoms with Gasteiger partial charge in [-0.25, -0.2) is 4.98 Å². The fourth-order valence-electron chi connectivity index (χ4n) is 5.33. The monoisotopic (exact) mass is 574 g/mol. The largest absolute Gasteiger partial charge is 0.392 e. The fraction of sp³-hybridized carbons (Fsp3) is 0.229. The van der Waals surface area contributed by atoms with Crippen molar-refractivity contribution >= 4 is 22.6 Å². The van der Waals surface area contributed by atoms with E-state index in [1.807, 2.05) is 78.9 Å². The second-order valence-electron chi connectivity index (χ2n) is 10.9. The van der Waals surface area contributed by atoms with E-state index in [4.69, 9.17) is 9.47 Å². The lowest BCUT2D eigenvalue weighted by Gasteiger charge is -2.38. The number of amides is 1. The number of ether oxygens (including phenoxy) is 2. The molecule has 6 rings (SSSR count). The molecule has 0 aliphatic carbocycles. The van der Waals surface area contributed by atoms with Crippen molar-refractivity contribution in [1.82, 2.24) is 14.9 Å². The van der Waals surface area contributed by atoms with Gasteiger partial charge in [0.25, 0.3) is 5.91 Å². The Labute approximate surface area is 250 Å². The molecular weight excluding hydrogens is 540 g/mol. The van der Waals surface area contributed by atoms with Crippen LogP contribution in [0.2, 0.25) is 0 Å². The van der Waals surface area contributed by atoms with Gasteiger partial charge in [0.2, 0.25) is 0 Å². The number of aliphatic hydroxyl groups is 1. The lowest BCUT2D eigenvalue weighted by Crippen LogP contribution is -2.37. The van der Waals surface area contributed by atoms with E-state index in [0.717, 1.165) is 35.3 Å². The first-order valence-electron chi connectivity index (χ1n) is 14.4. The number of aliphatic hydroxyl groups excluding tert-OH is 1. The summed E-state index contributed by atoms with van der Waals surface area (Å²) in [5, 5.41) is 12.4. The van der Waals surface area contributed by atoms with Crippen LogP contribution in [0.1, 0.15) is 51.6 Å². The van der Waals surface area contributed by atoms with Gasteiger partial charge in [0, 0.05) is 30.8 Å². The van der Waals surface area contributed by atoms with Crippen LogP contribution in [-0.4, -0.2) is 45.6 Å². The highest BCUT2D eigenvalue weighted by molar-refractivity contribution is 6.03. The summed E-state index contributed by atoms with van der Waals surface area (Å²) >= 11 is 0. The third kappa shape index (κ3) is 7.13. The highest BCUT2D eigenvalue weighted by Gasteiger charge is 2.32. The maximum Gasteiger partial charge on any atom is 0.275 e. The maximum atomic E-state index is 12.9. The molecule has 2 N–H and O–H groups in total. The Hall–Kier alpha value is -4.47. The van der Waals surface area contributed by atoms with Gasteiger partial charge in [-0.05, 0) is 48.0 Å². The van der Waals surface area contributed by atoms with E-state index in [1.165, 1.54) is 11.8 Å². The average Bonchev–Trinajstić information content (AvgIpc) is 3.05. The van der Waals surface area contributed by atoms with E-state index < -0.39 is 6.29 Å². The van der Waals surface area contributed by atoms with Crippen LogP contribution in [0.25, 0.3) is 11.0 Å². The molecule has 1 aromatic heterocycles. The molecule has 0 spiro atoms. The van der Waals surface area contributed by atoms with E-state index >= 15 is 0 Å². The molecule has 1 saturated heterocycles. The minimum atomic E-state index is -0.581. The number of hydrogen-bond acceptors (Lipinski definition) is 7. The summed E-state index contributed by atoms with van der Waals surface area (Å²) in [7, 11) is 2.10. The number of benzene rings is 4.